The molecule has 0 saturated carbocycles. The number of nitro groups is 1. The van der Waals surface area contributed by atoms with Crippen molar-refractivity contribution in [1.29, 1.82) is 0 Å². The van der Waals surface area contributed by atoms with Gasteiger partial charge in [-0.2, -0.15) is 0 Å². The first kappa shape index (κ1) is 15.9. The molecule has 0 aliphatic heterocycles. The number of nitrogens with zero attached hydrogens (tertiary/aromatic N) is 2. The molecule has 0 bridgehead atoms. The number of hydrogen-bond donors (Lipinski definition) is 2. The number of nitrogens with two attached hydrogens (primary N) is 1. The van der Waals surface area contributed by atoms with Gasteiger partial charge in [-0.25, -0.2) is 4.98 Å². The van der Waals surface area contributed by atoms with Crippen molar-refractivity contribution >= 4 is 28.6 Å². The summed E-state index contributed by atoms with van der Waals surface area (Å²) in [5.74, 6) is -0.700. The average molecular weight is 320 g/mol. The van der Waals surface area contributed by atoms with E-state index in [1.807, 2.05) is 6.20 Å². The second kappa shape index (κ2) is 6.99. The predicted octanol–water partition coefficient (Wildman–Crippen LogP) is 2.37. The maximum absolute atomic E-state index is 11.4. The largest absolute Gasteiger partial charge is 0.384 e. The molecule has 8 heteroatoms. The molecule has 0 fully saturated rings. The molecule has 1 aromatic carbocycles. The summed E-state index contributed by atoms with van der Waals surface area (Å²) in [6.45, 7) is 2.64. The van der Waals surface area contributed by atoms with Gasteiger partial charge < -0.3 is 11.1 Å². The lowest BCUT2D eigenvalue weighted by molar-refractivity contribution is -0.384. The maximum Gasteiger partial charge on any atom is 0.270 e. The van der Waals surface area contributed by atoms with Crippen molar-refractivity contribution in [2.75, 3.05) is 11.9 Å². The monoisotopic (exact) mass is 320 g/mol. The number of thiazole rings is 1. The molecule has 2 rings (SSSR count). The highest BCUT2D eigenvalue weighted by atomic mass is 32.1. The van der Waals surface area contributed by atoms with Crippen LogP contribution >= 0.6 is 11.3 Å². The molecule has 1 amide bonds. The van der Waals surface area contributed by atoms with E-state index in [2.05, 4.69) is 17.2 Å². The van der Waals surface area contributed by atoms with Gasteiger partial charge in [0.15, 0.2) is 0 Å². The molecule has 1 heterocycles. The van der Waals surface area contributed by atoms with Gasteiger partial charge in [-0.05, 0) is 12.5 Å². The lowest BCUT2D eigenvalue weighted by atomic mass is 10.1. The second-order valence-corrected chi connectivity index (χ2v) is 5.80. The highest BCUT2D eigenvalue weighted by Crippen LogP contribution is 2.22. The maximum atomic E-state index is 11.4. The molecule has 0 saturated heterocycles. The zero-order valence-electron chi connectivity index (χ0n) is 12.0. The van der Waals surface area contributed by atoms with Gasteiger partial charge in [0.2, 0.25) is 0 Å². The van der Waals surface area contributed by atoms with Crippen LogP contribution in [0.4, 0.5) is 11.4 Å². The summed E-state index contributed by atoms with van der Waals surface area (Å²) < 4.78 is 0. The number of aromatic nitrogens is 1. The summed E-state index contributed by atoms with van der Waals surface area (Å²) in [6.07, 6.45) is 3.53. The van der Waals surface area contributed by atoms with E-state index in [4.69, 9.17) is 5.73 Å². The quantitative estimate of drug-likeness (QED) is 0.601. The van der Waals surface area contributed by atoms with Crippen molar-refractivity contribution in [3.8, 4) is 0 Å². The number of non-ortho nitro benzene ring substituents is 1. The summed E-state index contributed by atoms with van der Waals surface area (Å²) in [5.41, 5.74) is 5.72. The predicted molar refractivity (Wildman–Crippen MR) is 85.3 cm³/mol. The number of rotatable bonds is 7. The Morgan fingerprint density at radius 1 is 1.50 bits per heavy atom. The van der Waals surface area contributed by atoms with Gasteiger partial charge >= 0.3 is 0 Å². The van der Waals surface area contributed by atoms with E-state index in [1.54, 1.807) is 11.3 Å². The Morgan fingerprint density at radius 3 is 2.86 bits per heavy atom. The fourth-order valence-electron chi connectivity index (χ4n) is 1.93. The Kier molecular flexibility index (Phi) is 5.05. The number of carbonyl (C=O) groups is 1. The highest BCUT2D eigenvalue weighted by Gasteiger charge is 2.14. The van der Waals surface area contributed by atoms with Gasteiger partial charge in [-0.3, -0.25) is 14.9 Å². The van der Waals surface area contributed by atoms with E-state index in [9.17, 15) is 14.9 Å². The van der Waals surface area contributed by atoms with Gasteiger partial charge in [0.05, 0.1) is 15.5 Å². The van der Waals surface area contributed by atoms with E-state index in [0.29, 0.717) is 18.7 Å². The molecular formula is C14H16N4O3S. The second-order valence-electron chi connectivity index (χ2n) is 4.60. The Bertz CT molecular complexity index is 699. The van der Waals surface area contributed by atoms with Gasteiger partial charge in [-0.1, -0.05) is 6.92 Å². The van der Waals surface area contributed by atoms with Crippen LogP contribution in [0.2, 0.25) is 0 Å². The molecule has 0 aliphatic carbocycles. The summed E-state index contributed by atoms with van der Waals surface area (Å²) in [4.78, 5) is 27.1. The molecule has 116 valence electrons. The van der Waals surface area contributed by atoms with E-state index in [0.717, 1.165) is 11.4 Å². The van der Waals surface area contributed by atoms with Gasteiger partial charge in [0.25, 0.3) is 11.6 Å². The number of benzene rings is 1. The standard InChI is InChI=1S/C14H16N4O3S/c1-2-10-8-17-13(22-10)5-6-16-12-4-3-9(18(20)21)7-11(12)14(15)19/h3-4,7-8,16H,2,5-6H2,1H3,(H2,15,19). The number of amides is 1. The first-order valence-corrected chi connectivity index (χ1v) is 7.58. The van der Waals surface area contributed by atoms with Crippen LogP contribution in [0.15, 0.2) is 24.4 Å². The molecule has 0 unspecified atom stereocenters. The molecule has 0 spiro atoms. The van der Waals surface area contributed by atoms with Crippen LogP contribution in [-0.2, 0) is 12.8 Å². The van der Waals surface area contributed by atoms with Crippen LogP contribution in [-0.4, -0.2) is 22.4 Å². The number of hydrogen-bond acceptors (Lipinski definition) is 6. The van der Waals surface area contributed by atoms with Gasteiger partial charge in [-0.15, -0.1) is 11.3 Å². The normalized spacial score (nSPS) is 10.4. The zero-order chi connectivity index (χ0) is 16.1. The topological polar surface area (TPSA) is 111 Å². The minimum atomic E-state index is -0.700. The molecule has 0 radical (unpaired) electrons. The van der Waals surface area contributed by atoms with Crippen LogP contribution in [0.25, 0.3) is 0 Å². The number of nitro benzene ring substituents is 1. The molecule has 0 aliphatic rings. The third-order valence-electron chi connectivity index (χ3n) is 3.08. The van der Waals surface area contributed by atoms with Crippen LogP contribution in [0, 0.1) is 10.1 Å². The summed E-state index contributed by atoms with van der Waals surface area (Å²) in [5, 5.41) is 14.8. The molecule has 7 nitrogen and oxygen atoms in total. The minimum absolute atomic E-state index is 0.114. The lowest BCUT2D eigenvalue weighted by Crippen LogP contribution is -2.16. The van der Waals surface area contributed by atoms with Crippen LogP contribution < -0.4 is 11.1 Å². The van der Waals surface area contributed by atoms with Crippen LogP contribution in [0.1, 0.15) is 27.2 Å². The van der Waals surface area contributed by atoms with Crippen molar-refractivity contribution in [3.63, 3.8) is 0 Å². The molecular weight excluding hydrogens is 304 g/mol. The van der Waals surface area contributed by atoms with E-state index in [1.165, 1.54) is 23.1 Å². The summed E-state index contributed by atoms with van der Waals surface area (Å²) in [6, 6.07) is 4.02. The van der Waals surface area contributed by atoms with Crippen molar-refractivity contribution in [3.05, 3.63) is 50.0 Å². The zero-order valence-corrected chi connectivity index (χ0v) is 12.9. The Labute approximate surface area is 131 Å². The van der Waals surface area contributed by atoms with E-state index >= 15 is 0 Å². The Balaban J connectivity index is 2.05. The van der Waals surface area contributed by atoms with Crippen molar-refractivity contribution < 1.29 is 9.72 Å². The van der Waals surface area contributed by atoms with E-state index < -0.39 is 10.8 Å². The molecule has 0 atom stereocenters. The van der Waals surface area contributed by atoms with Gasteiger partial charge in [0.1, 0.15) is 0 Å². The van der Waals surface area contributed by atoms with Crippen molar-refractivity contribution in [2.45, 2.75) is 19.8 Å². The van der Waals surface area contributed by atoms with Crippen LogP contribution in [0.5, 0.6) is 0 Å². The number of aryl methyl sites for hydroxylation is 1. The minimum Gasteiger partial charge on any atom is -0.384 e. The third kappa shape index (κ3) is 3.79. The highest BCUT2D eigenvalue weighted by molar-refractivity contribution is 7.11. The molecule has 3 N–H and O–H groups in total. The SMILES string of the molecule is CCc1cnc(CCNc2ccc([N+](=O)[O-])cc2C(N)=O)s1. The molecule has 2 aromatic rings. The number of carbonyl (C=O) groups excluding carboxylic acids is 1. The lowest BCUT2D eigenvalue weighted by Gasteiger charge is -2.09. The Hall–Kier alpha value is -2.48. The fraction of sp³-hybridized carbons (Fsp3) is 0.286. The molecule has 1 aromatic heterocycles. The van der Waals surface area contributed by atoms with Crippen LogP contribution in [0.3, 0.4) is 0 Å². The Morgan fingerprint density at radius 2 is 2.27 bits per heavy atom. The number of nitrogens with one attached hydrogen (secondary N) is 1. The fourth-order valence-corrected chi connectivity index (χ4v) is 2.80. The first-order valence-electron chi connectivity index (χ1n) is 6.77. The summed E-state index contributed by atoms with van der Waals surface area (Å²) in [7, 11) is 0. The summed E-state index contributed by atoms with van der Waals surface area (Å²) >= 11 is 1.65. The smallest absolute Gasteiger partial charge is 0.270 e. The van der Waals surface area contributed by atoms with Crippen molar-refractivity contribution in [2.24, 2.45) is 5.73 Å². The number of anilines is 1. The van der Waals surface area contributed by atoms with Crippen molar-refractivity contribution in [1.82, 2.24) is 4.98 Å². The van der Waals surface area contributed by atoms with Gasteiger partial charge in [0, 0.05) is 41.9 Å². The average Bonchev–Trinajstić information content (AvgIpc) is 2.95. The molecule has 22 heavy (non-hydrogen) atoms. The number of primary amides is 1. The third-order valence-corrected chi connectivity index (χ3v) is 4.29. The van der Waals surface area contributed by atoms with E-state index in [-0.39, 0.29) is 11.3 Å². The first-order chi connectivity index (χ1) is 10.5.